The summed E-state index contributed by atoms with van der Waals surface area (Å²) in [6.07, 6.45) is 0. The van der Waals surface area contributed by atoms with Crippen molar-refractivity contribution in [2.75, 3.05) is 0 Å². The molecule has 5 aromatic rings. The maximum absolute atomic E-state index is 10.3. The van der Waals surface area contributed by atoms with Gasteiger partial charge in [-0.15, -0.1) is 5.75 Å². The Balaban J connectivity index is 0.000000375. The first-order valence-electron chi connectivity index (χ1n) is 11.1. The minimum absolute atomic E-state index is 0.0718. The summed E-state index contributed by atoms with van der Waals surface area (Å²) < 4.78 is 0. The first-order chi connectivity index (χ1) is 17.5. The van der Waals surface area contributed by atoms with Crippen molar-refractivity contribution < 1.29 is 5.11 Å². The van der Waals surface area contributed by atoms with Crippen molar-refractivity contribution in [3.8, 4) is 5.75 Å². The molecular formula is C30H21Cl4OP. The van der Waals surface area contributed by atoms with Gasteiger partial charge in [0, 0.05) is 0 Å². The summed E-state index contributed by atoms with van der Waals surface area (Å²) >= 11 is 27.3. The Kier molecular flexibility index (Phi) is 8.96. The maximum Gasteiger partial charge on any atom is 0.150 e. The van der Waals surface area contributed by atoms with E-state index < -0.39 is 7.26 Å². The van der Waals surface area contributed by atoms with Crippen LogP contribution in [0.15, 0.2) is 127 Å². The lowest BCUT2D eigenvalue weighted by Gasteiger charge is -2.30. The van der Waals surface area contributed by atoms with E-state index >= 15 is 0 Å². The molecule has 0 atom stereocenters. The molecule has 36 heavy (non-hydrogen) atoms. The molecule has 0 fully saturated rings. The van der Waals surface area contributed by atoms with Gasteiger partial charge in [0.1, 0.15) is 21.2 Å². The monoisotopic (exact) mass is 568 g/mol. The fraction of sp³-hybridized carbons (Fsp3) is 0. The lowest BCUT2D eigenvalue weighted by Crippen LogP contribution is -2.40. The van der Waals surface area contributed by atoms with E-state index in [0.29, 0.717) is 20.1 Å². The zero-order valence-electron chi connectivity index (χ0n) is 19.0. The first kappa shape index (κ1) is 26.6. The minimum Gasteiger partial charge on any atom is -0.872 e. The Morgan fingerprint density at radius 2 is 0.611 bits per heavy atom. The van der Waals surface area contributed by atoms with Crippen molar-refractivity contribution in [2.24, 2.45) is 0 Å². The van der Waals surface area contributed by atoms with Crippen molar-refractivity contribution >= 4 is 74.9 Å². The fourth-order valence-electron chi connectivity index (χ4n) is 4.09. The number of hydrogen-bond acceptors (Lipinski definition) is 1. The van der Waals surface area contributed by atoms with Gasteiger partial charge in [0.05, 0.1) is 20.1 Å². The highest BCUT2D eigenvalue weighted by molar-refractivity contribution is 8.02. The van der Waals surface area contributed by atoms with Gasteiger partial charge in [0.25, 0.3) is 0 Å². The number of halogens is 4. The summed E-state index contributed by atoms with van der Waals surface area (Å²) in [6.45, 7) is 0. The van der Waals surface area contributed by atoms with E-state index in [-0.39, 0.29) is 5.75 Å². The van der Waals surface area contributed by atoms with Gasteiger partial charge < -0.3 is 5.11 Å². The van der Waals surface area contributed by atoms with Crippen LogP contribution in [-0.2, 0) is 0 Å². The Hall–Kier alpha value is -2.51. The first-order valence-corrected chi connectivity index (χ1v) is 14.4. The van der Waals surface area contributed by atoms with E-state index in [2.05, 4.69) is 0 Å². The van der Waals surface area contributed by atoms with E-state index in [1.807, 2.05) is 103 Å². The van der Waals surface area contributed by atoms with E-state index in [0.717, 1.165) is 21.2 Å². The molecule has 0 heterocycles. The second-order valence-electron chi connectivity index (χ2n) is 7.79. The zero-order chi connectivity index (χ0) is 25.5. The lowest BCUT2D eigenvalue weighted by molar-refractivity contribution is -0.268. The minimum atomic E-state index is -2.58. The van der Waals surface area contributed by atoms with Gasteiger partial charge in [-0.3, -0.25) is 0 Å². The topological polar surface area (TPSA) is 23.1 Å². The number of para-hydroxylation sites is 1. The van der Waals surface area contributed by atoms with Crippen molar-refractivity contribution in [2.45, 2.75) is 0 Å². The third-order valence-electron chi connectivity index (χ3n) is 5.60. The van der Waals surface area contributed by atoms with Crippen LogP contribution in [0.5, 0.6) is 5.75 Å². The van der Waals surface area contributed by atoms with Crippen LogP contribution in [0.2, 0.25) is 20.1 Å². The van der Waals surface area contributed by atoms with Crippen LogP contribution in [0.25, 0.3) is 0 Å². The molecule has 0 N–H and O–H groups in total. The van der Waals surface area contributed by atoms with Crippen molar-refractivity contribution in [3.63, 3.8) is 0 Å². The molecule has 5 aromatic carbocycles. The van der Waals surface area contributed by atoms with E-state index in [9.17, 15) is 5.11 Å². The summed E-state index contributed by atoms with van der Waals surface area (Å²) in [7, 11) is -2.58. The lowest BCUT2D eigenvalue weighted by atomic mass is 10.3. The molecule has 0 amide bonds. The van der Waals surface area contributed by atoms with Crippen LogP contribution in [0.4, 0.5) is 0 Å². The molecule has 5 rings (SSSR count). The molecule has 180 valence electrons. The smallest absolute Gasteiger partial charge is 0.150 e. The summed E-state index contributed by atoms with van der Waals surface area (Å²) in [5, 5.41) is 16.8. The standard InChI is InChI=1S/C24H16Cl4P.C6H6O/c25-17-9-1-5-13-21(17)29(22-14-6-2-10-18(22)26,23-15-7-3-11-19(23)27)24-16-8-4-12-20(24)28;7-6-4-2-1-3-5-6/h1-16H;1-5,7H/q+1;/p-1. The number of hydrogen-bond donors (Lipinski definition) is 0. The molecular weight excluding hydrogens is 549 g/mol. The van der Waals surface area contributed by atoms with Crippen molar-refractivity contribution in [1.82, 2.24) is 0 Å². The molecule has 0 bridgehead atoms. The van der Waals surface area contributed by atoms with Gasteiger partial charge >= 0.3 is 0 Å². The predicted molar refractivity (Wildman–Crippen MR) is 157 cm³/mol. The molecule has 6 heteroatoms. The molecule has 0 saturated carbocycles. The summed E-state index contributed by atoms with van der Waals surface area (Å²) in [5.41, 5.74) is 0. The van der Waals surface area contributed by atoms with Crippen LogP contribution < -0.4 is 26.3 Å². The van der Waals surface area contributed by atoms with Gasteiger partial charge in [-0.1, -0.05) is 125 Å². The average Bonchev–Trinajstić information content (AvgIpc) is 2.89. The Morgan fingerprint density at radius 3 is 0.833 bits per heavy atom. The normalized spacial score (nSPS) is 10.9. The number of rotatable bonds is 4. The van der Waals surface area contributed by atoms with Crippen LogP contribution in [0.1, 0.15) is 0 Å². The highest BCUT2D eigenvalue weighted by Gasteiger charge is 2.52. The highest BCUT2D eigenvalue weighted by Crippen LogP contribution is 2.59. The molecule has 0 unspecified atom stereocenters. The number of benzene rings is 5. The van der Waals surface area contributed by atoms with Gasteiger partial charge in [0.2, 0.25) is 0 Å². The second kappa shape index (κ2) is 12.2. The van der Waals surface area contributed by atoms with Gasteiger partial charge in [-0.05, 0) is 48.5 Å². The van der Waals surface area contributed by atoms with Gasteiger partial charge in [-0.2, -0.15) is 0 Å². The third-order valence-corrected chi connectivity index (χ3v) is 11.9. The second-order valence-corrected chi connectivity index (χ2v) is 12.7. The molecule has 0 radical (unpaired) electrons. The summed E-state index contributed by atoms with van der Waals surface area (Å²) in [6, 6.07) is 39.8. The quantitative estimate of drug-likeness (QED) is 0.204. The maximum atomic E-state index is 10.3. The highest BCUT2D eigenvalue weighted by atomic mass is 35.5. The zero-order valence-corrected chi connectivity index (χ0v) is 22.9. The van der Waals surface area contributed by atoms with Crippen molar-refractivity contribution in [3.05, 3.63) is 147 Å². The molecule has 0 spiro atoms. The van der Waals surface area contributed by atoms with Crippen LogP contribution in [0.3, 0.4) is 0 Å². The van der Waals surface area contributed by atoms with Gasteiger partial charge in [0.15, 0.2) is 7.26 Å². The Labute approximate surface area is 232 Å². The molecule has 1 nitrogen and oxygen atoms in total. The van der Waals surface area contributed by atoms with E-state index in [1.165, 1.54) is 12.1 Å². The predicted octanol–water partition coefficient (Wildman–Crippen LogP) is 7.68. The van der Waals surface area contributed by atoms with Gasteiger partial charge in [-0.25, -0.2) is 0 Å². The average molecular weight is 570 g/mol. The molecule has 0 aliphatic carbocycles. The Bertz CT molecular complexity index is 1270. The Morgan fingerprint density at radius 1 is 0.361 bits per heavy atom. The van der Waals surface area contributed by atoms with E-state index in [4.69, 9.17) is 46.4 Å². The van der Waals surface area contributed by atoms with Crippen molar-refractivity contribution in [1.29, 1.82) is 0 Å². The van der Waals surface area contributed by atoms with Crippen LogP contribution in [-0.4, -0.2) is 0 Å². The molecule has 0 saturated heterocycles. The molecule has 0 aliphatic heterocycles. The largest absolute Gasteiger partial charge is 0.872 e. The SMILES string of the molecule is Clc1ccccc1[P+](c1ccccc1Cl)(c1ccccc1Cl)c1ccccc1Cl.[O-]c1ccccc1. The van der Waals surface area contributed by atoms with E-state index in [1.54, 1.807) is 12.1 Å². The summed E-state index contributed by atoms with van der Waals surface area (Å²) in [5.74, 6) is 0.0718. The third kappa shape index (κ3) is 5.42. The van der Waals surface area contributed by atoms with Crippen LogP contribution >= 0.6 is 53.7 Å². The molecule has 0 aliphatic rings. The fourth-order valence-corrected chi connectivity index (χ4v) is 10.5. The summed E-state index contributed by atoms with van der Waals surface area (Å²) in [4.78, 5) is 0. The molecule has 0 aromatic heterocycles. The van der Waals surface area contributed by atoms with Crippen LogP contribution in [0, 0.1) is 0 Å².